The number of anilines is 1. The largest absolute Gasteiger partial charge is 0.453 e. The van der Waals surface area contributed by atoms with Gasteiger partial charge in [-0.15, -0.1) is 6.58 Å². The number of aliphatic imine (C=N–C) groups is 1. The van der Waals surface area contributed by atoms with E-state index < -0.39 is 38.1 Å². The fourth-order valence-electron chi connectivity index (χ4n) is 3.57. The molecule has 0 saturated carbocycles. The smallest absolute Gasteiger partial charge is 0.426 e. The Bertz CT molecular complexity index is 1270. The summed E-state index contributed by atoms with van der Waals surface area (Å²) in [6.07, 6.45) is -2.77. The van der Waals surface area contributed by atoms with E-state index in [9.17, 15) is 22.8 Å². The zero-order chi connectivity index (χ0) is 31.7. The van der Waals surface area contributed by atoms with Gasteiger partial charge in [-0.05, 0) is 51.4 Å². The Labute approximate surface area is 245 Å². The molecule has 42 heavy (non-hydrogen) atoms. The van der Waals surface area contributed by atoms with Gasteiger partial charge in [-0.25, -0.2) is 14.6 Å². The van der Waals surface area contributed by atoms with Gasteiger partial charge < -0.3 is 24.1 Å². The summed E-state index contributed by atoms with van der Waals surface area (Å²) in [6.45, 7) is 16.3. The lowest BCUT2D eigenvalue weighted by atomic mass is 10.1. The van der Waals surface area contributed by atoms with Gasteiger partial charge in [-0.3, -0.25) is 10.3 Å². The van der Waals surface area contributed by atoms with E-state index in [-0.39, 0.29) is 42.0 Å². The third-order valence-corrected chi connectivity index (χ3v) is 7.20. The molecule has 14 heteroatoms. The van der Waals surface area contributed by atoms with Gasteiger partial charge in [0.2, 0.25) is 0 Å². The summed E-state index contributed by atoms with van der Waals surface area (Å²) < 4.78 is 56.8. The quantitative estimate of drug-likeness (QED) is 0.111. The number of carbonyl (C=O) groups is 2. The van der Waals surface area contributed by atoms with Crippen LogP contribution in [0.4, 0.5) is 34.1 Å². The van der Waals surface area contributed by atoms with Crippen molar-refractivity contribution in [2.24, 2.45) is 4.99 Å². The molecule has 10 nitrogen and oxygen atoms in total. The van der Waals surface area contributed by atoms with Crippen LogP contribution in [0.25, 0.3) is 11.3 Å². The Kier molecular flexibility index (Phi) is 11.9. The fourth-order valence-corrected chi connectivity index (χ4v) is 4.33. The van der Waals surface area contributed by atoms with Crippen molar-refractivity contribution in [1.29, 1.82) is 0 Å². The number of methoxy groups -OCH3 is 1. The lowest BCUT2D eigenvalue weighted by Crippen LogP contribution is -2.36. The van der Waals surface area contributed by atoms with Crippen molar-refractivity contribution in [3.8, 4) is 11.3 Å². The zero-order valence-corrected chi connectivity index (χ0v) is 26.1. The molecule has 1 aromatic carbocycles. The highest BCUT2D eigenvalue weighted by Gasteiger charge is 2.26. The molecule has 0 aliphatic carbocycles. The van der Waals surface area contributed by atoms with E-state index in [1.165, 1.54) is 18.2 Å². The van der Waals surface area contributed by atoms with Crippen molar-refractivity contribution in [2.75, 3.05) is 19.0 Å². The topological polar surface area (TPSA) is 116 Å². The van der Waals surface area contributed by atoms with Gasteiger partial charge in [-0.2, -0.15) is 13.2 Å². The van der Waals surface area contributed by atoms with Crippen LogP contribution in [0, 0.1) is 0 Å². The number of carbonyl (C=O) groups excluding carboxylic acids is 2. The van der Waals surface area contributed by atoms with E-state index in [0.29, 0.717) is 12.4 Å². The van der Waals surface area contributed by atoms with E-state index in [2.05, 4.69) is 46.6 Å². The van der Waals surface area contributed by atoms with Crippen LogP contribution in [0.15, 0.2) is 42.0 Å². The van der Waals surface area contributed by atoms with Crippen molar-refractivity contribution in [2.45, 2.75) is 77.4 Å². The Balaban J connectivity index is 2.59. The maximum absolute atomic E-state index is 13.1. The first kappa shape index (κ1) is 34.5. The number of hydrogen-bond acceptors (Lipinski definition) is 7. The number of rotatable bonds is 12. The van der Waals surface area contributed by atoms with Gasteiger partial charge in [0, 0.05) is 32.1 Å². The third-order valence-electron chi connectivity index (χ3n) is 5.49. The summed E-state index contributed by atoms with van der Waals surface area (Å²) in [5.74, 6) is 0.381. The van der Waals surface area contributed by atoms with Crippen LogP contribution in [-0.2, 0) is 20.9 Å². The average molecular weight is 612 g/mol. The molecule has 232 valence electrons. The monoisotopic (exact) mass is 611 g/mol. The standard InChI is InChI=1S/C28H40F3N5O5Si/c1-9-10-21(35-26(38)41-27(2,3)4)24-34-23(16-36(24)18-40-13-14-42(6,7)8)20-12-11-19(33-25(37)39-5)15-22(20)32-17-28(29,30)31/h9,11-12,15-17,21H,1,10,13-14,18H2,2-8H3,(H,33,37)(H,35,38)/b32-17+/t21-/m0/s1. The zero-order valence-electron chi connectivity index (χ0n) is 25.1. The molecule has 1 aromatic heterocycles. The number of nitrogens with one attached hydrogen (secondary N) is 2. The lowest BCUT2D eigenvalue weighted by Gasteiger charge is -2.23. The molecule has 0 aliphatic rings. The molecule has 0 bridgehead atoms. The van der Waals surface area contributed by atoms with Crippen molar-refractivity contribution in [3.63, 3.8) is 0 Å². The van der Waals surface area contributed by atoms with E-state index >= 15 is 0 Å². The van der Waals surface area contributed by atoms with Crippen LogP contribution in [-0.4, -0.2) is 61.5 Å². The summed E-state index contributed by atoms with van der Waals surface area (Å²) >= 11 is 0. The summed E-state index contributed by atoms with van der Waals surface area (Å²) in [7, 11) is -0.207. The summed E-state index contributed by atoms with van der Waals surface area (Å²) in [5.41, 5.74) is -0.141. The number of nitrogens with zero attached hydrogens (tertiary/aromatic N) is 3. The number of halogens is 3. The SMILES string of the molecule is C=CC[C@H](NC(=O)OC(C)(C)C)c1nc(-c2ccc(NC(=O)OC)cc2/N=C/C(F)(F)F)cn1COCC[Si](C)(C)C. The van der Waals surface area contributed by atoms with Gasteiger partial charge in [-0.1, -0.05) is 25.7 Å². The highest BCUT2D eigenvalue weighted by molar-refractivity contribution is 6.76. The number of alkyl carbamates (subject to hydrolysis) is 1. The lowest BCUT2D eigenvalue weighted by molar-refractivity contribution is -0.0535. The molecule has 2 amide bonds. The third kappa shape index (κ3) is 12.1. The summed E-state index contributed by atoms with van der Waals surface area (Å²) in [5, 5.41) is 5.22. The molecule has 0 spiro atoms. The van der Waals surface area contributed by atoms with Gasteiger partial charge in [0.1, 0.15) is 24.4 Å². The number of alkyl halides is 3. The van der Waals surface area contributed by atoms with Crippen LogP contribution in [0.2, 0.25) is 25.7 Å². The predicted molar refractivity (Wildman–Crippen MR) is 159 cm³/mol. The van der Waals surface area contributed by atoms with Crippen LogP contribution in [0.5, 0.6) is 0 Å². The normalized spacial score (nSPS) is 13.1. The van der Waals surface area contributed by atoms with Crippen LogP contribution in [0.1, 0.15) is 39.1 Å². The minimum atomic E-state index is -4.68. The van der Waals surface area contributed by atoms with Crippen molar-refractivity contribution in [1.82, 2.24) is 14.9 Å². The van der Waals surface area contributed by atoms with Crippen molar-refractivity contribution >= 4 is 37.8 Å². The molecule has 1 heterocycles. The number of imidazole rings is 1. The molecule has 0 unspecified atom stereocenters. The van der Waals surface area contributed by atoms with Gasteiger partial charge in [0.05, 0.1) is 24.5 Å². The van der Waals surface area contributed by atoms with Crippen molar-refractivity contribution in [3.05, 3.63) is 42.9 Å². The van der Waals surface area contributed by atoms with Gasteiger partial charge >= 0.3 is 18.4 Å². The van der Waals surface area contributed by atoms with E-state index in [4.69, 9.17) is 14.5 Å². The van der Waals surface area contributed by atoms with E-state index in [1.807, 2.05) is 0 Å². The summed E-state index contributed by atoms with van der Waals surface area (Å²) in [6, 6.07) is 4.48. The minimum Gasteiger partial charge on any atom is -0.453 e. The summed E-state index contributed by atoms with van der Waals surface area (Å²) in [4.78, 5) is 32.7. The van der Waals surface area contributed by atoms with Crippen LogP contribution >= 0.6 is 0 Å². The second kappa shape index (κ2) is 14.5. The Morgan fingerprint density at radius 2 is 1.88 bits per heavy atom. The van der Waals surface area contributed by atoms with Gasteiger partial charge in [0.25, 0.3) is 0 Å². The predicted octanol–water partition coefficient (Wildman–Crippen LogP) is 7.45. The number of amides is 2. The Hall–Kier alpha value is -3.65. The second-order valence-electron chi connectivity index (χ2n) is 11.7. The number of aromatic nitrogens is 2. The number of benzene rings is 1. The van der Waals surface area contributed by atoms with Crippen LogP contribution < -0.4 is 10.6 Å². The minimum absolute atomic E-state index is 0.0829. The number of hydrogen-bond donors (Lipinski definition) is 2. The molecular weight excluding hydrogens is 571 g/mol. The highest BCUT2D eigenvalue weighted by Crippen LogP contribution is 2.34. The number of ether oxygens (including phenoxy) is 3. The van der Waals surface area contributed by atoms with E-state index in [1.54, 1.807) is 37.6 Å². The van der Waals surface area contributed by atoms with Crippen LogP contribution in [0.3, 0.4) is 0 Å². The molecule has 0 fully saturated rings. The molecule has 0 aliphatic heterocycles. The Morgan fingerprint density at radius 3 is 2.45 bits per heavy atom. The maximum atomic E-state index is 13.1. The van der Waals surface area contributed by atoms with E-state index in [0.717, 1.165) is 13.2 Å². The molecule has 2 rings (SSSR count). The first-order valence-corrected chi connectivity index (χ1v) is 17.0. The molecule has 2 N–H and O–H groups in total. The average Bonchev–Trinajstić information content (AvgIpc) is 3.27. The second-order valence-corrected chi connectivity index (χ2v) is 17.3. The molecule has 0 radical (unpaired) electrons. The molecular formula is C28H40F3N5O5Si. The maximum Gasteiger partial charge on any atom is 0.426 e. The molecule has 0 saturated heterocycles. The van der Waals surface area contributed by atoms with Crippen molar-refractivity contribution < 1.29 is 37.0 Å². The molecule has 1 atom stereocenters. The first-order chi connectivity index (χ1) is 19.4. The highest BCUT2D eigenvalue weighted by atomic mass is 28.3. The van der Waals surface area contributed by atoms with Gasteiger partial charge in [0.15, 0.2) is 0 Å². The Morgan fingerprint density at radius 1 is 1.19 bits per heavy atom. The fraction of sp³-hybridized carbons (Fsp3) is 0.500. The first-order valence-electron chi connectivity index (χ1n) is 13.3. The molecule has 2 aromatic rings.